The van der Waals surface area contributed by atoms with Crippen LogP contribution in [-0.2, 0) is 10.0 Å². The molecule has 0 unspecified atom stereocenters. The summed E-state index contributed by atoms with van der Waals surface area (Å²) in [4.78, 5) is 0. The Hall–Kier alpha value is -0.850. The van der Waals surface area contributed by atoms with E-state index < -0.39 is 10.0 Å². The van der Waals surface area contributed by atoms with E-state index in [2.05, 4.69) is 5.32 Å². The Morgan fingerprint density at radius 3 is 3.00 bits per heavy atom. The van der Waals surface area contributed by atoms with Gasteiger partial charge in [0.25, 0.3) is 10.0 Å². The summed E-state index contributed by atoms with van der Waals surface area (Å²) in [7, 11) is -3.44. The van der Waals surface area contributed by atoms with Gasteiger partial charge in [0.15, 0.2) is 0 Å². The van der Waals surface area contributed by atoms with E-state index in [1.165, 1.54) is 16.6 Å². The number of furan rings is 1. The summed E-state index contributed by atoms with van der Waals surface area (Å²) < 4.78 is 30.6. The molecule has 2 heterocycles. The molecule has 2 rings (SSSR count). The Labute approximate surface area is 89.1 Å². The van der Waals surface area contributed by atoms with Crippen LogP contribution in [0, 0.1) is 0 Å². The van der Waals surface area contributed by atoms with Crippen LogP contribution in [0.4, 0.5) is 0 Å². The zero-order valence-electron chi connectivity index (χ0n) is 8.51. The average Bonchev–Trinajstić information content (AvgIpc) is 2.71. The van der Waals surface area contributed by atoms with Gasteiger partial charge in [0.2, 0.25) is 5.09 Å². The predicted octanol–water partition coefficient (Wildman–Crippen LogP) is 0.262. The average molecular weight is 230 g/mol. The van der Waals surface area contributed by atoms with Crippen LogP contribution in [0.2, 0.25) is 0 Å². The quantitative estimate of drug-likeness (QED) is 0.791. The van der Waals surface area contributed by atoms with Crippen molar-refractivity contribution in [3.05, 3.63) is 18.4 Å². The maximum absolute atomic E-state index is 12.1. The number of nitrogens with zero attached hydrogens (tertiary/aromatic N) is 1. The van der Waals surface area contributed by atoms with E-state index in [-0.39, 0.29) is 11.1 Å². The second-order valence-electron chi connectivity index (χ2n) is 3.60. The van der Waals surface area contributed by atoms with Gasteiger partial charge in [-0.25, -0.2) is 8.42 Å². The molecule has 6 heteroatoms. The molecule has 1 N–H and O–H groups in total. The van der Waals surface area contributed by atoms with E-state index in [9.17, 15) is 8.42 Å². The number of rotatable bonds is 2. The van der Waals surface area contributed by atoms with E-state index in [1.54, 1.807) is 6.07 Å². The maximum Gasteiger partial charge on any atom is 0.276 e. The summed E-state index contributed by atoms with van der Waals surface area (Å²) in [6.45, 7) is 3.74. The monoisotopic (exact) mass is 230 g/mol. The Balaban J connectivity index is 2.29. The minimum atomic E-state index is -3.44. The lowest BCUT2D eigenvalue weighted by Gasteiger charge is -2.31. The van der Waals surface area contributed by atoms with Gasteiger partial charge in [0, 0.05) is 25.7 Å². The number of hydrogen-bond donors (Lipinski definition) is 1. The molecule has 5 nitrogen and oxygen atoms in total. The molecule has 0 saturated carbocycles. The summed E-state index contributed by atoms with van der Waals surface area (Å²) in [6.07, 6.45) is 1.37. The summed E-state index contributed by atoms with van der Waals surface area (Å²) >= 11 is 0. The van der Waals surface area contributed by atoms with Crippen molar-refractivity contribution in [3.63, 3.8) is 0 Å². The third-order valence-electron chi connectivity index (χ3n) is 2.50. The van der Waals surface area contributed by atoms with E-state index in [0.717, 1.165) is 0 Å². The number of hydrogen-bond acceptors (Lipinski definition) is 4. The lowest BCUT2D eigenvalue weighted by atomic mass is 10.3. The fourth-order valence-electron chi connectivity index (χ4n) is 1.71. The highest BCUT2D eigenvalue weighted by molar-refractivity contribution is 7.89. The van der Waals surface area contributed by atoms with Crippen molar-refractivity contribution < 1.29 is 12.8 Å². The fraction of sp³-hybridized carbons (Fsp3) is 0.556. The topological polar surface area (TPSA) is 62.6 Å². The first kappa shape index (κ1) is 10.7. The molecule has 1 aliphatic heterocycles. The number of piperazine rings is 1. The van der Waals surface area contributed by atoms with Crippen LogP contribution in [0.5, 0.6) is 0 Å². The van der Waals surface area contributed by atoms with E-state index in [4.69, 9.17) is 4.42 Å². The second-order valence-corrected chi connectivity index (χ2v) is 5.42. The van der Waals surface area contributed by atoms with Gasteiger partial charge >= 0.3 is 0 Å². The molecule has 0 bridgehead atoms. The Morgan fingerprint density at radius 2 is 2.40 bits per heavy atom. The molecule has 0 radical (unpaired) electrons. The lowest BCUT2D eigenvalue weighted by molar-refractivity contribution is 0.276. The van der Waals surface area contributed by atoms with Crippen molar-refractivity contribution in [1.29, 1.82) is 0 Å². The normalized spacial score (nSPS) is 24.2. The molecule has 84 valence electrons. The zero-order valence-corrected chi connectivity index (χ0v) is 9.33. The van der Waals surface area contributed by atoms with Crippen molar-refractivity contribution in [2.75, 3.05) is 19.6 Å². The van der Waals surface area contributed by atoms with Gasteiger partial charge in [0.1, 0.15) is 0 Å². The van der Waals surface area contributed by atoms with Gasteiger partial charge in [-0.15, -0.1) is 0 Å². The molecule has 1 atom stereocenters. The molecule has 1 fully saturated rings. The minimum absolute atomic E-state index is 0.0243. The summed E-state index contributed by atoms with van der Waals surface area (Å²) in [5.41, 5.74) is 0. The zero-order chi connectivity index (χ0) is 10.9. The molecule has 1 aromatic heterocycles. The van der Waals surface area contributed by atoms with Crippen molar-refractivity contribution in [2.45, 2.75) is 18.1 Å². The molecular formula is C9H14N2O3S. The first-order chi connectivity index (χ1) is 7.12. The molecule has 1 saturated heterocycles. The summed E-state index contributed by atoms with van der Waals surface area (Å²) in [6, 6.07) is 3.03. The molecule has 1 aliphatic rings. The van der Waals surface area contributed by atoms with Gasteiger partial charge in [-0.1, -0.05) is 0 Å². The van der Waals surface area contributed by atoms with E-state index >= 15 is 0 Å². The van der Waals surface area contributed by atoms with Crippen molar-refractivity contribution in [2.24, 2.45) is 0 Å². The van der Waals surface area contributed by atoms with Crippen LogP contribution in [0.25, 0.3) is 0 Å². The molecule has 1 aromatic rings. The Kier molecular flexibility index (Phi) is 2.81. The molecular weight excluding hydrogens is 216 g/mol. The van der Waals surface area contributed by atoms with Crippen LogP contribution in [0.3, 0.4) is 0 Å². The molecule has 0 aliphatic carbocycles. The van der Waals surface area contributed by atoms with Crippen LogP contribution < -0.4 is 5.32 Å². The van der Waals surface area contributed by atoms with Crippen molar-refractivity contribution in [3.8, 4) is 0 Å². The lowest BCUT2D eigenvalue weighted by Crippen LogP contribution is -2.51. The number of nitrogens with one attached hydrogen (secondary N) is 1. The first-order valence-corrected chi connectivity index (χ1v) is 6.32. The molecule has 0 amide bonds. The van der Waals surface area contributed by atoms with Crippen LogP contribution >= 0.6 is 0 Å². The number of sulfonamides is 1. The van der Waals surface area contributed by atoms with Crippen molar-refractivity contribution in [1.82, 2.24) is 9.62 Å². The summed E-state index contributed by atoms with van der Waals surface area (Å²) in [5, 5.41) is 3.17. The Bertz CT molecular complexity index is 413. The minimum Gasteiger partial charge on any atom is -0.452 e. The summed E-state index contributed by atoms with van der Waals surface area (Å²) in [5.74, 6) is 0. The van der Waals surface area contributed by atoms with Crippen LogP contribution in [0.1, 0.15) is 6.92 Å². The smallest absolute Gasteiger partial charge is 0.276 e. The van der Waals surface area contributed by atoms with E-state index in [1.807, 2.05) is 6.92 Å². The predicted molar refractivity (Wildman–Crippen MR) is 54.9 cm³/mol. The molecule has 15 heavy (non-hydrogen) atoms. The maximum atomic E-state index is 12.1. The standard InChI is InChI=1S/C9H14N2O3S/c1-8-7-10-4-5-11(8)15(12,13)9-3-2-6-14-9/h2-3,6,8,10H,4-5,7H2,1H3/t8-/m0/s1. The highest BCUT2D eigenvalue weighted by atomic mass is 32.2. The fourth-order valence-corrected chi connectivity index (χ4v) is 3.24. The highest BCUT2D eigenvalue weighted by Crippen LogP contribution is 2.19. The van der Waals surface area contributed by atoms with Crippen molar-refractivity contribution >= 4 is 10.0 Å². The Morgan fingerprint density at radius 1 is 1.60 bits per heavy atom. The SMILES string of the molecule is C[C@H]1CNCCN1S(=O)(=O)c1ccco1. The highest BCUT2D eigenvalue weighted by Gasteiger charge is 2.32. The van der Waals surface area contributed by atoms with Gasteiger partial charge in [-0.3, -0.25) is 0 Å². The third kappa shape index (κ3) is 1.92. The van der Waals surface area contributed by atoms with Gasteiger partial charge in [0.05, 0.1) is 6.26 Å². The largest absolute Gasteiger partial charge is 0.452 e. The van der Waals surface area contributed by atoms with Gasteiger partial charge in [-0.2, -0.15) is 4.31 Å². The third-order valence-corrected chi connectivity index (χ3v) is 4.40. The molecule has 0 spiro atoms. The molecule has 0 aromatic carbocycles. The second kappa shape index (κ2) is 3.96. The van der Waals surface area contributed by atoms with E-state index in [0.29, 0.717) is 19.6 Å². The van der Waals surface area contributed by atoms with Crippen LogP contribution in [-0.4, -0.2) is 38.4 Å². The van der Waals surface area contributed by atoms with Gasteiger partial charge in [-0.05, 0) is 19.1 Å². The van der Waals surface area contributed by atoms with Crippen LogP contribution in [0.15, 0.2) is 27.9 Å². The van der Waals surface area contributed by atoms with Gasteiger partial charge < -0.3 is 9.73 Å². The first-order valence-electron chi connectivity index (χ1n) is 4.88.